The van der Waals surface area contributed by atoms with Gasteiger partial charge in [-0.2, -0.15) is 5.26 Å². The van der Waals surface area contributed by atoms with Gasteiger partial charge in [0.2, 0.25) is 0 Å². The van der Waals surface area contributed by atoms with E-state index in [1.807, 2.05) is 12.1 Å². The van der Waals surface area contributed by atoms with Gasteiger partial charge in [-0.05, 0) is 38.1 Å². The number of anilines is 1. The minimum Gasteiger partial charge on any atom is -0.486 e. The van der Waals surface area contributed by atoms with Crippen molar-refractivity contribution in [1.29, 1.82) is 5.26 Å². The summed E-state index contributed by atoms with van der Waals surface area (Å²) in [6.45, 7) is 2.67. The fourth-order valence-corrected chi connectivity index (χ4v) is 1.89. The summed E-state index contributed by atoms with van der Waals surface area (Å²) >= 11 is 0. The Labute approximate surface area is 95.0 Å². The van der Waals surface area contributed by atoms with Gasteiger partial charge in [0.1, 0.15) is 11.9 Å². The molecule has 1 aliphatic rings. The normalized spacial score (nSPS) is 22.6. The van der Waals surface area contributed by atoms with Crippen molar-refractivity contribution in [2.75, 3.05) is 11.9 Å². The topological polar surface area (TPSA) is 71.1 Å². The van der Waals surface area contributed by atoms with Gasteiger partial charge in [0.15, 0.2) is 0 Å². The van der Waals surface area contributed by atoms with Gasteiger partial charge < -0.3 is 15.8 Å². The molecule has 0 bridgehead atoms. The largest absolute Gasteiger partial charge is 0.486 e. The van der Waals surface area contributed by atoms with Crippen LogP contribution in [0.5, 0.6) is 5.75 Å². The molecule has 3 N–H and O–H groups in total. The van der Waals surface area contributed by atoms with Crippen LogP contribution in [0.25, 0.3) is 0 Å². The number of nitrogens with two attached hydrogens (primary N) is 1. The monoisotopic (exact) mass is 217 g/mol. The predicted octanol–water partition coefficient (Wildman–Crippen LogP) is 1.47. The lowest BCUT2D eigenvalue weighted by Crippen LogP contribution is -2.40. The zero-order valence-corrected chi connectivity index (χ0v) is 9.23. The lowest BCUT2D eigenvalue weighted by molar-refractivity contribution is 0.167. The SMILES string of the molecule is CC1Nc2cc(C#N)ccc2OC1CCN. The zero-order valence-electron chi connectivity index (χ0n) is 9.23. The molecule has 0 spiro atoms. The number of benzene rings is 1. The molecule has 0 radical (unpaired) electrons. The van der Waals surface area contributed by atoms with Crippen molar-refractivity contribution in [2.45, 2.75) is 25.5 Å². The van der Waals surface area contributed by atoms with E-state index in [1.54, 1.807) is 6.07 Å². The Morgan fingerprint density at radius 1 is 1.56 bits per heavy atom. The minimum absolute atomic E-state index is 0.102. The van der Waals surface area contributed by atoms with Gasteiger partial charge in [-0.25, -0.2) is 0 Å². The standard InChI is InChI=1S/C12H15N3O/c1-8-11(4-5-13)16-12-3-2-9(7-14)6-10(12)15-8/h2-3,6,8,11,15H,4-5,13H2,1H3. The van der Waals surface area contributed by atoms with Crippen LogP contribution in [-0.4, -0.2) is 18.7 Å². The molecule has 0 saturated carbocycles. The molecular formula is C12H15N3O. The van der Waals surface area contributed by atoms with Gasteiger partial charge in [0.25, 0.3) is 0 Å². The van der Waals surface area contributed by atoms with E-state index in [1.165, 1.54) is 0 Å². The molecule has 2 atom stereocenters. The molecule has 1 aromatic rings. The van der Waals surface area contributed by atoms with Crippen molar-refractivity contribution in [2.24, 2.45) is 5.73 Å². The van der Waals surface area contributed by atoms with Gasteiger partial charge in [-0.15, -0.1) is 0 Å². The molecule has 84 valence electrons. The van der Waals surface area contributed by atoms with Crippen molar-refractivity contribution in [3.8, 4) is 11.8 Å². The van der Waals surface area contributed by atoms with Crippen LogP contribution in [0.4, 0.5) is 5.69 Å². The number of hydrogen-bond acceptors (Lipinski definition) is 4. The van der Waals surface area contributed by atoms with E-state index in [4.69, 9.17) is 15.7 Å². The summed E-state index contributed by atoms with van der Waals surface area (Å²) in [5, 5.41) is 12.1. The number of nitriles is 1. The quantitative estimate of drug-likeness (QED) is 0.787. The fourth-order valence-electron chi connectivity index (χ4n) is 1.89. The molecule has 1 aromatic carbocycles. The van der Waals surface area contributed by atoms with Gasteiger partial charge >= 0.3 is 0 Å². The van der Waals surface area contributed by atoms with Crippen LogP contribution in [0.2, 0.25) is 0 Å². The molecule has 0 fully saturated rings. The average molecular weight is 217 g/mol. The lowest BCUT2D eigenvalue weighted by Gasteiger charge is -2.33. The van der Waals surface area contributed by atoms with Gasteiger partial charge in [0, 0.05) is 0 Å². The van der Waals surface area contributed by atoms with Gasteiger partial charge in [-0.1, -0.05) is 0 Å². The Morgan fingerprint density at radius 3 is 3.06 bits per heavy atom. The maximum Gasteiger partial charge on any atom is 0.143 e. The first kappa shape index (κ1) is 10.8. The smallest absolute Gasteiger partial charge is 0.143 e. The summed E-state index contributed by atoms with van der Waals surface area (Å²) in [5.74, 6) is 0.801. The van der Waals surface area contributed by atoms with E-state index in [9.17, 15) is 0 Å². The van der Waals surface area contributed by atoms with Crippen LogP contribution in [0, 0.1) is 11.3 Å². The van der Waals surface area contributed by atoms with E-state index < -0.39 is 0 Å². The highest BCUT2D eigenvalue weighted by atomic mass is 16.5. The van der Waals surface area contributed by atoms with Crippen molar-refractivity contribution >= 4 is 5.69 Å². The first-order valence-electron chi connectivity index (χ1n) is 5.42. The van der Waals surface area contributed by atoms with E-state index in [0.717, 1.165) is 17.9 Å². The van der Waals surface area contributed by atoms with Gasteiger partial charge in [0.05, 0.1) is 23.4 Å². The molecule has 1 heterocycles. The number of hydrogen-bond donors (Lipinski definition) is 2. The van der Waals surface area contributed by atoms with Gasteiger partial charge in [-0.3, -0.25) is 0 Å². The Kier molecular flexibility index (Phi) is 2.97. The highest BCUT2D eigenvalue weighted by molar-refractivity contribution is 5.62. The van der Waals surface area contributed by atoms with Crippen LogP contribution in [0.3, 0.4) is 0 Å². The van der Waals surface area contributed by atoms with E-state index >= 15 is 0 Å². The highest BCUT2D eigenvalue weighted by Gasteiger charge is 2.25. The maximum atomic E-state index is 8.81. The van der Waals surface area contributed by atoms with Crippen molar-refractivity contribution < 1.29 is 4.74 Å². The number of nitrogens with zero attached hydrogens (tertiary/aromatic N) is 1. The third kappa shape index (κ3) is 1.95. The molecule has 0 saturated heterocycles. The number of rotatable bonds is 2. The molecule has 0 aliphatic carbocycles. The molecule has 16 heavy (non-hydrogen) atoms. The number of nitrogens with one attached hydrogen (secondary N) is 1. The molecule has 0 amide bonds. The van der Waals surface area contributed by atoms with E-state index in [2.05, 4.69) is 18.3 Å². The summed E-state index contributed by atoms with van der Waals surface area (Å²) in [6.07, 6.45) is 0.929. The maximum absolute atomic E-state index is 8.81. The summed E-state index contributed by atoms with van der Waals surface area (Å²) in [5.41, 5.74) is 7.06. The first-order valence-corrected chi connectivity index (χ1v) is 5.42. The molecule has 2 unspecified atom stereocenters. The molecule has 2 rings (SSSR count). The number of fused-ring (bicyclic) bond motifs is 1. The molecule has 0 aromatic heterocycles. The lowest BCUT2D eigenvalue weighted by atomic mass is 10.1. The Morgan fingerprint density at radius 2 is 2.38 bits per heavy atom. The van der Waals surface area contributed by atoms with Crippen LogP contribution in [-0.2, 0) is 0 Å². The summed E-state index contributed by atoms with van der Waals surface area (Å²) in [4.78, 5) is 0. The molecule has 1 aliphatic heterocycles. The molecule has 4 nitrogen and oxygen atoms in total. The van der Waals surface area contributed by atoms with Crippen LogP contribution >= 0.6 is 0 Å². The second-order valence-corrected chi connectivity index (χ2v) is 3.99. The second-order valence-electron chi connectivity index (χ2n) is 3.99. The van der Waals surface area contributed by atoms with Crippen LogP contribution < -0.4 is 15.8 Å². The Bertz CT molecular complexity index is 425. The third-order valence-corrected chi connectivity index (χ3v) is 2.78. The highest BCUT2D eigenvalue weighted by Crippen LogP contribution is 2.32. The van der Waals surface area contributed by atoms with Crippen molar-refractivity contribution in [1.82, 2.24) is 0 Å². The van der Waals surface area contributed by atoms with Crippen LogP contribution in [0.1, 0.15) is 18.9 Å². The number of ether oxygens (including phenoxy) is 1. The van der Waals surface area contributed by atoms with Crippen molar-refractivity contribution in [3.63, 3.8) is 0 Å². The van der Waals surface area contributed by atoms with Crippen molar-refractivity contribution in [3.05, 3.63) is 23.8 Å². The van der Waals surface area contributed by atoms with E-state index in [-0.39, 0.29) is 12.1 Å². The average Bonchev–Trinajstić information content (AvgIpc) is 2.30. The predicted molar refractivity (Wildman–Crippen MR) is 62.3 cm³/mol. The summed E-state index contributed by atoms with van der Waals surface area (Å²) in [6, 6.07) is 7.73. The second kappa shape index (κ2) is 4.42. The summed E-state index contributed by atoms with van der Waals surface area (Å²) in [7, 11) is 0. The third-order valence-electron chi connectivity index (χ3n) is 2.78. The molecular weight excluding hydrogens is 202 g/mol. The Hall–Kier alpha value is -1.73. The van der Waals surface area contributed by atoms with Crippen LogP contribution in [0.15, 0.2) is 18.2 Å². The fraction of sp³-hybridized carbons (Fsp3) is 0.417. The Balaban J connectivity index is 2.25. The van der Waals surface area contributed by atoms with E-state index in [0.29, 0.717) is 12.1 Å². The first-order chi connectivity index (χ1) is 7.74. The summed E-state index contributed by atoms with van der Waals surface area (Å²) < 4.78 is 5.83. The molecule has 4 heteroatoms. The zero-order chi connectivity index (χ0) is 11.5. The minimum atomic E-state index is 0.102.